The van der Waals surface area contributed by atoms with Gasteiger partial charge in [0.25, 0.3) is 11.8 Å². The van der Waals surface area contributed by atoms with Gasteiger partial charge in [-0.3, -0.25) is 20.3 Å². The third kappa shape index (κ3) is 0.560. The summed E-state index contributed by atoms with van der Waals surface area (Å²) in [6.07, 6.45) is 0. The Bertz CT molecular complexity index is 274. The van der Waals surface area contributed by atoms with Crippen molar-refractivity contribution in [2.24, 2.45) is 10.3 Å². The molecule has 0 aliphatic carbocycles. The smallest absolute Gasteiger partial charge is 0.256 e. The van der Waals surface area contributed by atoms with Gasteiger partial charge in [0, 0.05) is 0 Å². The van der Waals surface area contributed by atoms with Crippen LogP contribution in [0, 0.1) is 0 Å². The van der Waals surface area contributed by atoms with Crippen LogP contribution in [-0.4, -0.2) is 23.4 Å². The van der Waals surface area contributed by atoms with Gasteiger partial charge in [-0.05, 0) is 6.92 Å². The largest absolute Gasteiger partial charge is 0.292 e. The van der Waals surface area contributed by atoms with Gasteiger partial charge in [0.1, 0.15) is 0 Å². The molecule has 0 aromatic carbocycles. The second kappa shape index (κ2) is 1.58. The lowest BCUT2D eigenvalue weighted by Gasteiger charge is -2.14. The first-order chi connectivity index (χ1) is 5.14. The van der Waals surface area contributed by atoms with E-state index >= 15 is 0 Å². The second-order valence-corrected chi connectivity index (χ2v) is 2.75. The molecule has 2 atom stereocenters. The molecule has 2 N–H and O–H groups in total. The van der Waals surface area contributed by atoms with E-state index in [0.29, 0.717) is 0 Å². The Kier molecular flexibility index (Phi) is 0.899. The highest BCUT2D eigenvalue weighted by molar-refractivity contribution is 6.11. The van der Waals surface area contributed by atoms with Crippen LogP contribution in [0.3, 0.4) is 0 Å². The number of rotatable bonds is 0. The number of amides is 2. The van der Waals surface area contributed by atoms with Gasteiger partial charge in [-0.2, -0.15) is 5.11 Å². The van der Waals surface area contributed by atoms with Crippen LogP contribution in [-0.2, 0) is 9.59 Å². The summed E-state index contributed by atoms with van der Waals surface area (Å²) in [7, 11) is 0. The van der Waals surface area contributed by atoms with Gasteiger partial charge in [-0.15, -0.1) is 0 Å². The molecule has 2 aliphatic rings. The molecule has 6 nitrogen and oxygen atoms in total. The summed E-state index contributed by atoms with van der Waals surface area (Å²) < 4.78 is 0. The van der Waals surface area contributed by atoms with Crippen molar-refractivity contribution in [3.05, 3.63) is 0 Å². The van der Waals surface area contributed by atoms with E-state index in [-0.39, 0.29) is 11.8 Å². The summed E-state index contributed by atoms with van der Waals surface area (Å²) >= 11 is 0. The maximum absolute atomic E-state index is 11.1. The number of carbonyl (C=O) groups is 2. The first-order valence-electron chi connectivity index (χ1n) is 3.17. The van der Waals surface area contributed by atoms with Crippen LogP contribution >= 0.6 is 0 Å². The van der Waals surface area contributed by atoms with Crippen LogP contribution in [0.25, 0.3) is 0 Å². The maximum Gasteiger partial charge on any atom is 0.256 e. The van der Waals surface area contributed by atoms with E-state index in [0.717, 1.165) is 0 Å². The molecule has 2 heterocycles. The standard InChI is InChI=1S/C5H6N4O2/c1-5-2(7-9-8-5)3(10)6-4(5)11/h2H,1H3,(H,7,8)(H,6,10,11). The van der Waals surface area contributed by atoms with Gasteiger partial charge >= 0.3 is 0 Å². The summed E-state index contributed by atoms with van der Waals surface area (Å²) in [4.78, 5) is 22.0. The van der Waals surface area contributed by atoms with E-state index < -0.39 is 11.6 Å². The summed E-state index contributed by atoms with van der Waals surface area (Å²) in [6, 6.07) is -0.685. The number of nitrogens with zero attached hydrogens (tertiary/aromatic N) is 2. The van der Waals surface area contributed by atoms with Crippen molar-refractivity contribution < 1.29 is 9.59 Å². The minimum absolute atomic E-state index is 0.363. The molecule has 1 saturated heterocycles. The van der Waals surface area contributed by atoms with Crippen molar-refractivity contribution in [1.82, 2.24) is 10.7 Å². The summed E-state index contributed by atoms with van der Waals surface area (Å²) in [6.45, 7) is 1.60. The fourth-order valence-electron chi connectivity index (χ4n) is 1.17. The third-order valence-corrected chi connectivity index (χ3v) is 1.96. The Labute approximate surface area is 62.0 Å². The highest BCUT2D eigenvalue weighted by Crippen LogP contribution is 2.24. The Hall–Kier alpha value is -1.46. The van der Waals surface area contributed by atoms with Crippen molar-refractivity contribution in [1.29, 1.82) is 0 Å². The van der Waals surface area contributed by atoms with E-state index in [9.17, 15) is 9.59 Å². The fourth-order valence-corrected chi connectivity index (χ4v) is 1.17. The molecule has 0 radical (unpaired) electrons. The molecule has 0 bridgehead atoms. The molecule has 58 valence electrons. The Morgan fingerprint density at radius 3 is 2.91 bits per heavy atom. The average Bonchev–Trinajstić information content (AvgIpc) is 2.39. The Morgan fingerprint density at radius 2 is 2.27 bits per heavy atom. The van der Waals surface area contributed by atoms with Crippen molar-refractivity contribution >= 4 is 11.8 Å². The van der Waals surface area contributed by atoms with E-state index in [1.54, 1.807) is 6.92 Å². The monoisotopic (exact) mass is 154 g/mol. The van der Waals surface area contributed by atoms with Gasteiger partial charge in [0.05, 0.1) is 0 Å². The molecule has 2 amide bonds. The minimum Gasteiger partial charge on any atom is -0.292 e. The lowest BCUT2D eigenvalue weighted by Crippen LogP contribution is -2.48. The highest BCUT2D eigenvalue weighted by atomic mass is 16.2. The average molecular weight is 154 g/mol. The second-order valence-electron chi connectivity index (χ2n) is 2.75. The summed E-state index contributed by atoms with van der Waals surface area (Å²) in [5.74, 6) is -0.747. The van der Waals surface area contributed by atoms with Crippen LogP contribution in [0.5, 0.6) is 0 Å². The zero-order chi connectivity index (χ0) is 8.06. The molecular formula is C5H6N4O2. The highest BCUT2D eigenvalue weighted by Gasteiger charge is 2.55. The number of nitrogens with one attached hydrogen (secondary N) is 2. The van der Waals surface area contributed by atoms with Crippen LogP contribution in [0.4, 0.5) is 0 Å². The van der Waals surface area contributed by atoms with Gasteiger partial charge in [0.2, 0.25) is 0 Å². The Balaban J connectivity index is 2.45. The van der Waals surface area contributed by atoms with Crippen molar-refractivity contribution in [2.45, 2.75) is 18.5 Å². The van der Waals surface area contributed by atoms with Gasteiger partial charge in [-0.25, -0.2) is 0 Å². The van der Waals surface area contributed by atoms with Gasteiger partial charge < -0.3 is 0 Å². The quantitative estimate of drug-likeness (QED) is 0.427. The van der Waals surface area contributed by atoms with E-state index in [1.807, 2.05) is 0 Å². The molecule has 0 saturated carbocycles. The number of fused-ring (bicyclic) bond motifs is 1. The zero-order valence-corrected chi connectivity index (χ0v) is 5.79. The third-order valence-electron chi connectivity index (χ3n) is 1.96. The van der Waals surface area contributed by atoms with E-state index in [2.05, 4.69) is 21.1 Å². The number of hydrogen-bond acceptors (Lipinski definition) is 5. The molecule has 6 heteroatoms. The van der Waals surface area contributed by atoms with E-state index in [1.165, 1.54) is 0 Å². The maximum atomic E-state index is 11.1. The topological polar surface area (TPSA) is 82.9 Å². The van der Waals surface area contributed by atoms with Crippen molar-refractivity contribution in [3.8, 4) is 0 Å². The first kappa shape index (κ1) is 6.26. The predicted octanol–water partition coefficient (Wildman–Crippen LogP) is -1.26. The number of hydrogen-bond donors (Lipinski definition) is 2. The van der Waals surface area contributed by atoms with Crippen LogP contribution in [0.1, 0.15) is 6.92 Å². The molecule has 0 spiro atoms. The summed E-state index contributed by atoms with van der Waals surface area (Å²) in [5, 5.41) is 9.18. The SMILES string of the molecule is CC12NN=NC1C(=O)NC2=O. The Morgan fingerprint density at radius 1 is 1.55 bits per heavy atom. The first-order valence-corrected chi connectivity index (χ1v) is 3.17. The molecule has 2 unspecified atom stereocenters. The van der Waals surface area contributed by atoms with Gasteiger partial charge in [0.15, 0.2) is 11.6 Å². The number of carbonyl (C=O) groups excluding carboxylic acids is 2. The normalized spacial score (nSPS) is 40.3. The van der Waals surface area contributed by atoms with Crippen molar-refractivity contribution in [2.75, 3.05) is 0 Å². The fraction of sp³-hybridized carbons (Fsp3) is 0.600. The predicted molar refractivity (Wildman–Crippen MR) is 33.3 cm³/mol. The molecule has 0 aromatic heterocycles. The lowest BCUT2D eigenvalue weighted by atomic mass is 9.97. The molecule has 2 rings (SSSR count). The zero-order valence-electron chi connectivity index (χ0n) is 5.79. The minimum atomic E-state index is -0.947. The van der Waals surface area contributed by atoms with E-state index in [4.69, 9.17) is 0 Å². The molecular weight excluding hydrogens is 148 g/mol. The number of imide groups is 1. The van der Waals surface area contributed by atoms with Crippen LogP contribution in [0.15, 0.2) is 10.3 Å². The summed E-state index contributed by atoms with van der Waals surface area (Å²) in [5.41, 5.74) is 1.55. The molecule has 1 fully saturated rings. The van der Waals surface area contributed by atoms with Crippen LogP contribution < -0.4 is 10.7 Å². The van der Waals surface area contributed by atoms with Gasteiger partial charge in [-0.1, -0.05) is 5.22 Å². The molecule has 2 aliphatic heterocycles. The molecule has 11 heavy (non-hydrogen) atoms. The molecule has 0 aromatic rings. The van der Waals surface area contributed by atoms with Crippen molar-refractivity contribution in [3.63, 3.8) is 0 Å². The lowest BCUT2D eigenvalue weighted by molar-refractivity contribution is -0.126. The van der Waals surface area contributed by atoms with Crippen LogP contribution in [0.2, 0.25) is 0 Å².